The molecule has 1 aliphatic carbocycles. The van der Waals surface area contributed by atoms with Gasteiger partial charge >= 0.3 is 0 Å². The summed E-state index contributed by atoms with van der Waals surface area (Å²) >= 11 is 0. The third-order valence-corrected chi connectivity index (χ3v) is 3.71. The van der Waals surface area contributed by atoms with E-state index in [2.05, 4.69) is 9.55 Å². The number of nitrogens with zero attached hydrogens (tertiary/aromatic N) is 2. The van der Waals surface area contributed by atoms with Crippen molar-refractivity contribution in [3.63, 3.8) is 0 Å². The number of nitrogens with two attached hydrogens (primary N) is 1. The van der Waals surface area contributed by atoms with Gasteiger partial charge in [-0.3, -0.25) is 0 Å². The standard InChI is InChI=1S/C15H21N3O2/c16-12-4-5-14-13(8-12)17-15(9-19)18(14)6-1-7-20-10-11-2-3-11/h4-5,8,11,19H,1-3,6-7,9-10,16H2. The summed E-state index contributed by atoms with van der Waals surface area (Å²) in [6.45, 7) is 2.41. The fraction of sp³-hybridized carbons (Fsp3) is 0.533. The van der Waals surface area contributed by atoms with Gasteiger partial charge in [0.1, 0.15) is 12.4 Å². The van der Waals surface area contributed by atoms with Crippen LogP contribution in [0.5, 0.6) is 0 Å². The van der Waals surface area contributed by atoms with Crippen molar-refractivity contribution in [1.82, 2.24) is 9.55 Å². The highest BCUT2D eigenvalue weighted by Gasteiger charge is 2.20. The van der Waals surface area contributed by atoms with Crippen molar-refractivity contribution in [2.24, 2.45) is 5.92 Å². The quantitative estimate of drug-likeness (QED) is 0.598. The minimum atomic E-state index is -0.0580. The molecule has 1 heterocycles. The van der Waals surface area contributed by atoms with Crippen molar-refractivity contribution in [1.29, 1.82) is 0 Å². The van der Waals surface area contributed by atoms with Crippen LogP contribution in [0.25, 0.3) is 11.0 Å². The maximum Gasteiger partial charge on any atom is 0.135 e. The molecule has 2 aromatic rings. The van der Waals surface area contributed by atoms with Gasteiger partial charge in [0.2, 0.25) is 0 Å². The van der Waals surface area contributed by atoms with Crippen LogP contribution in [-0.4, -0.2) is 27.9 Å². The van der Waals surface area contributed by atoms with E-state index in [-0.39, 0.29) is 6.61 Å². The number of aliphatic hydroxyl groups excluding tert-OH is 1. The van der Waals surface area contributed by atoms with E-state index in [0.717, 1.165) is 43.1 Å². The molecule has 1 fully saturated rings. The van der Waals surface area contributed by atoms with Crippen LogP contribution in [-0.2, 0) is 17.9 Å². The van der Waals surface area contributed by atoms with Gasteiger partial charge in [-0.1, -0.05) is 0 Å². The van der Waals surface area contributed by atoms with Crippen LogP contribution >= 0.6 is 0 Å². The summed E-state index contributed by atoms with van der Waals surface area (Å²) in [4.78, 5) is 4.42. The summed E-state index contributed by atoms with van der Waals surface area (Å²) < 4.78 is 7.70. The molecule has 1 aromatic heterocycles. The Morgan fingerprint density at radius 1 is 1.40 bits per heavy atom. The lowest BCUT2D eigenvalue weighted by Crippen LogP contribution is -2.07. The van der Waals surface area contributed by atoms with E-state index in [9.17, 15) is 5.11 Å². The lowest BCUT2D eigenvalue weighted by molar-refractivity contribution is 0.119. The predicted octanol–water partition coefficient (Wildman–Crippen LogP) is 1.93. The summed E-state index contributed by atoms with van der Waals surface area (Å²) in [6, 6.07) is 5.67. The molecule has 0 unspecified atom stereocenters. The zero-order valence-corrected chi connectivity index (χ0v) is 11.6. The number of benzene rings is 1. The van der Waals surface area contributed by atoms with E-state index in [1.165, 1.54) is 12.8 Å². The third kappa shape index (κ3) is 2.94. The van der Waals surface area contributed by atoms with Gasteiger partial charge in [-0.15, -0.1) is 0 Å². The van der Waals surface area contributed by atoms with Crippen molar-refractivity contribution < 1.29 is 9.84 Å². The number of anilines is 1. The zero-order chi connectivity index (χ0) is 13.9. The molecule has 3 rings (SSSR count). The second-order valence-electron chi connectivity index (χ2n) is 5.46. The second kappa shape index (κ2) is 5.81. The van der Waals surface area contributed by atoms with Gasteiger partial charge < -0.3 is 20.1 Å². The molecule has 108 valence electrons. The molecule has 5 nitrogen and oxygen atoms in total. The van der Waals surface area contributed by atoms with E-state index >= 15 is 0 Å². The van der Waals surface area contributed by atoms with Gasteiger partial charge in [-0.2, -0.15) is 0 Å². The number of imidazole rings is 1. The van der Waals surface area contributed by atoms with Crippen LogP contribution in [0.15, 0.2) is 18.2 Å². The fourth-order valence-electron chi connectivity index (χ4n) is 2.43. The molecule has 0 saturated heterocycles. The first-order valence-electron chi connectivity index (χ1n) is 7.21. The van der Waals surface area contributed by atoms with Crippen molar-refractivity contribution in [3.05, 3.63) is 24.0 Å². The maximum absolute atomic E-state index is 9.43. The molecule has 1 aliphatic rings. The molecule has 0 aliphatic heterocycles. The SMILES string of the molecule is Nc1ccc2c(c1)nc(CO)n2CCCOCC1CC1. The Morgan fingerprint density at radius 2 is 2.25 bits per heavy atom. The first kappa shape index (κ1) is 13.4. The maximum atomic E-state index is 9.43. The summed E-state index contributed by atoms with van der Waals surface area (Å²) in [5.41, 5.74) is 8.32. The Labute approximate surface area is 118 Å². The molecule has 0 radical (unpaired) electrons. The number of aryl methyl sites for hydroxylation is 1. The van der Waals surface area contributed by atoms with Gasteiger partial charge in [-0.25, -0.2) is 4.98 Å². The number of nitrogen functional groups attached to an aromatic ring is 1. The minimum Gasteiger partial charge on any atom is -0.399 e. The van der Waals surface area contributed by atoms with Crippen LogP contribution in [0.1, 0.15) is 25.1 Å². The molecule has 1 saturated carbocycles. The van der Waals surface area contributed by atoms with Crippen molar-refractivity contribution >= 4 is 16.7 Å². The Balaban J connectivity index is 1.65. The summed E-state index contributed by atoms with van der Waals surface area (Å²) in [6.07, 6.45) is 3.57. The number of ether oxygens (including phenoxy) is 1. The first-order chi connectivity index (χ1) is 9.78. The predicted molar refractivity (Wildman–Crippen MR) is 78.2 cm³/mol. The number of rotatable bonds is 7. The Hall–Kier alpha value is -1.59. The second-order valence-corrected chi connectivity index (χ2v) is 5.46. The normalized spacial score (nSPS) is 15.1. The van der Waals surface area contributed by atoms with Crippen LogP contribution in [0.2, 0.25) is 0 Å². The van der Waals surface area contributed by atoms with Gasteiger partial charge in [0.25, 0.3) is 0 Å². The van der Waals surface area contributed by atoms with E-state index in [1.54, 1.807) is 0 Å². The van der Waals surface area contributed by atoms with Crippen molar-refractivity contribution in [3.8, 4) is 0 Å². The molecular formula is C15H21N3O2. The smallest absolute Gasteiger partial charge is 0.135 e. The largest absolute Gasteiger partial charge is 0.399 e. The monoisotopic (exact) mass is 275 g/mol. The highest BCUT2D eigenvalue weighted by atomic mass is 16.5. The topological polar surface area (TPSA) is 73.3 Å². The highest BCUT2D eigenvalue weighted by Crippen LogP contribution is 2.28. The average molecular weight is 275 g/mol. The van der Waals surface area contributed by atoms with E-state index < -0.39 is 0 Å². The van der Waals surface area contributed by atoms with Crippen LogP contribution in [0, 0.1) is 5.92 Å². The Kier molecular flexibility index (Phi) is 3.89. The molecule has 0 spiro atoms. The molecule has 0 bridgehead atoms. The van der Waals surface area contributed by atoms with Crippen molar-refractivity contribution in [2.45, 2.75) is 32.4 Å². The van der Waals surface area contributed by atoms with E-state index in [0.29, 0.717) is 11.5 Å². The Morgan fingerprint density at radius 3 is 3.00 bits per heavy atom. The van der Waals surface area contributed by atoms with Crippen LogP contribution < -0.4 is 5.73 Å². The molecule has 0 amide bonds. The lowest BCUT2D eigenvalue weighted by Gasteiger charge is -2.08. The molecule has 1 aromatic carbocycles. The van der Waals surface area contributed by atoms with Gasteiger partial charge in [0, 0.05) is 25.4 Å². The number of aromatic nitrogens is 2. The summed E-state index contributed by atoms with van der Waals surface area (Å²) in [5, 5.41) is 9.43. The van der Waals surface area contributed by atoms with E-state index in [4.69, 9.17) is 10.5 Å². The molecule has 5 heteroatoms. The van der Waals surface area contributed by atoms with E-state index in [1.807, 2.05) is 18.2 Å². The lowest BCUT2D eigenvalue weighted by atomic mass is 10.3. The molecule has 3 N–H and O–H groups in total. The number of fused-ring (bicyclic) bond motifs is 1. The Bertz CT molecular complexity index is 590. The van der Waals surface area contributed by atoms with Crippen molar-refractivity contribution in [2.75, 3.05) is 18.9 Å². The molecule has 0 atom stereocenters. The molecular weight excluding hydrogens is 254 g/mol. The number of aliphatic hydroxyl groups is 1. The summed E-state index contributed by atoms with van der Waals surface area (Å²) in [7, 11) is 0. The van der Waals surface area contributed by atoms with Gasteiger partial charge in [-0.05, 0) is 43.4 Å². The van der Waals surface area contributed by atoms with Gasteiger partial charge in [0.05, 0.1) is 11.0 Å². The third-order valence-electron chi connectivity index (χ3n) is 3.71. The van der Waals surface area contributed by atoms with Crippen LogP contribution in [0.4, 0.5) is 5.69 Å². The van der Waals surface area contributed by atoms with Gasteiger partial charge in [0.15, 0.2) is 0 Å². The fourth-order valence-corrected chi connectivity index (χ4v) is 2.43. The first-order valence-corrected chi connectivity index (χ1v) is 7.21. The minimum absolute atomic E-state index is 0.0580. The molecule has 20 heavy (non-hydrogen) atoms. The zero-order valence-electron chi connectivity index (χ0n) is 11.6. The summed E-state index contributed by atoms with van der Waals surface area (Å²) in [5.74, 6) is 1.49. The number of hydrogen-bond acceptors (Lipinski definition) is 4. The van der Waals surface area contributed by atoms with Crippen LogP contribution in [0.3, 0.4) is 0 Å². The number of hydrogen-bond donors (Lipinski definition) is 2. The average Bonchev–Trinajstić information content (AvgIpc) is 3.20. The highest BCUT2D eigenvalue weighted by molar-refractivity contribution is 5.79.